The van der Waals surface area contributed by atoms with Crippen LogP contribution in [0.4, 0.5) is 0 Å². The molecule has 110 valence electrons. The molecule has 0 saturated heterocycles. The first kappa shape index (κ1) is 14.3. The first-order valence-corrected chi connectivity index (χ1v) is 7.51. The maximum atomic E-state index is 11.2. The number of rotatable bonds is 1. The number of hydrogen-bond donors (Lipinski definition) is 2. The van der Waals surface area contributed by atoms with Gasteiger partial charge in [-0.3, -0.25) is 0 Å². The Balaban J connectivity index is 2.05. The molecular weight excluding hydrogens is 258 g/mol. The summed E-state index contributed by atoms with van der Waals surface area (Å²) in [5, 5.41) is 11.2. The van der Waals surface area contributed by atoms with Gasteiger partial charge in [-0.05, 0) is 27.7 Å². The minimum atomic E-state index is -0.966. The molecule has 0 saturated carbocycles. The van der Waals surface area contributed by atoms with Gasteiger partial charge in [-0.1, -0.05) is 69.3 Å². The predicted octanol–water partition coefficient (Wildman–Crippen LogP) is 3.62. The highest BCUT2D eigenvalue weighted by molar-refractivity contribution is 5.47. The van der Waals surface area contributed by atoms with Crippen molar-refractivity contribution < 1.29 is 5.11 Å². The van der Waals surface area contributed by atoms with Crippen molar-refractivity contribution >= 4 is 0 Å². The van der Waals surface area contributed by atoms with Crippen LogP contribution in [0.1, 0.15) is 55.5 Å². The smallest absolute Gasteiger partial charge is 0.117 e. The molecule has 0 spiro atoms. The van der Waals surface area contributed by atoms with Crippen molar-refractivity contribution in [1.82, 2.24) is 0 Å². The molecule has 21 heavy (non-hydrogen) atoms. The molecule has 1 aliphatic carbocycles. The van der Waals surface area contributed by atoms with Crippen LogP contribution in [-0.2, 0) is 11.0 Å². The van der Waals surface area contributed by atoms with Gasteiger partial charge in [0, 0.05) is 12.5 Å². The standard InChI is InChI=1S/C19H23NO/c1-18(2,3)13-8-10-14(11-9-13)19(21)12-17(20)15-6-4-5-7-16(15)19/h4-11,17,21H,12,20H2,1-3H3. The maximum absolute atomic E-state index is 11.2. The van der Waals surface area contributed by atoms with Gasteiger partial charge in [0.2, 0.25) is 0 Å². The molecule has 2 aromatic carbocycles. The molecule has 1 aliphatic rings. The van der Waals surface area contributed by atoms with Crippen LogP contribution in [0.3, 0.4) is 0 Å². The summed E-state index contributed by atoms with van der Waals surface area (Å²) in [4.78, 5) is 0. The van der Waals surface area contributed by atoms with E-state index in [1.54, 1.807) is 0 Å². The zero-order valence-electron chi connectivity index (χ0n) is 12.9. The fourth-order valence-corrected chi connectivity index (χ4v) is 3.25. The Morgan fingerprint density at radius 1 is 1.05 bits per heavy atom. The Labute approximate surface area is 126 Å². The van der Waals surface area contributed by atoms with E-state index in [0.29, 0.717) is 6.42 Å². The summed E-state index contributed by atoms with van der Waals surface area (Å²) in [7, 11) is 0. The van der Waals surface area contributed by atoms with Crippen molar-refractivity contribution in [2.45, 2.75) is 44.2 Å². The van der Waals surface area contributed by atoms with E-state index in [1.165, 1.54) is 5.56 Å². The molecular formula is C19H23NO. The van der Waals surface area contributed by atoms with Gasteiger partial charge in [0.25, 0.3) is 0 Å². The molecule has 3 rings (SSSR count). The van der Waals surface area contributed by atoms with Crippen molar-refractivity contribution in [3.05, 3.63) is 70.8 Å². The molecule has 0 aromatic heterocycles. The zero-order valence-corrected chi connectivity index (χ0v) is 12.9. The molecule has 2 unspecified atom stereocenters. The van der Waals surface area contributed by atoms with E-state index in [1.807, 2.05) is 36.4 Å². The van der Waals surface area contributed by atoms with E-state index < -0.39 is 5.60 Å². The highest BCUT2D eigenvalue weighted by Crippen LogP contribution is 2.46. The first-order valence-electron chi connectivity index (χ1n) is 7.51. The van der Waals surface area contributed by atoms with Crippen LogP contribution in [0.5, 0.6) is 0 Å². The maximum Gasteiger partial charge on any atom is 0.117 e. The lowest BCUT2D eigenvalue weighted by Crippen LogP contribution is -2.25. The Kier molecular flexibility index (Phi) is 3.19. The van der Waals surface area contributed by atoms with Gasteiger partial charge in [0.15, 0.2) is 0 Å². The molecule has 0 bridgehead atoms. The van der Waals surface area contributed by atoms with Crippen molar-refractivity contribution in [2.24, 2.45) is 5.73 Å². The van der Waals surface area contributed by atoms with Gasteiger partial charge >= 0.3 is 0 Å². The molecule has 2 aromatic rings. The molecule has 0 amide bonds. The van der Waals surface area contributed by atoms with E-state index in [4.69, 9.17) is 5.73 Å². The molecule has 2 atom stereocenters. The number of nitrogens with two attached hydrogens (primary N) is 1. The van der Waals surface area contributed by atoms with Gasteiger partial charge in [-0.25, -0.2) is 0 Å². The fourth-order valence-electron chi connectivity index (χ4n) is 3.25. The number of aliphatic hydroxyl groups is 1. The number of hydrogen-bond acceptors (Lipinski definition) is 2. The number of benzene rings is 2. The zero-order chi connectivity index (χ0) is 15.3. The minimum absolute atomic E-state index is 0.103. The van der Waals surface area contributed by atoms with Crippen LogP contribution >= 0.6 is 0 Å². The van der Waals surface area contributed by atoms with Crippen LogP contribution in [0.2, 0.25) is 0 Å². The second kappa shape index (κ2) is 4.69. The molecule has 2 heteroatoms. The van der Waals surface area contributed by atoms with Crippen LogP contribution in [0.15, 0.2) is 48.5 Å². The monoisotopic (exact) mass is 281 g/mol. The SMILES string of the molecule is CC(C)(C)c1ccc(C2(O)CC(N)c3ccccc32)cc1. The largest absolute Gasteiger partial charge is 0.380 e. The van der Waals surface area contributed by atoms with Crippen LogP contribution in [0, 0.1) is 0 Å². The molecule has 0 aliphatic heterocycles. The highest BCUT2D eigenvalue weighted by atomic mass is 16.3. The van der Waals surface area contributed by atoms with Crippen molar-refractivity contribution in [2.75, 3.05) is 0 Å². The highest BCUT2D eigenvalue weighted by Gasteiger charge is 2.42. The third-order valence-corrected chi connectivity index (χ3v) is 4.55. The molecule has 2 nitrogen and oxygen atoms in total. The molecule has 0 fully saturated rings. The van der Waals surface area contributed by atoms with Crippen LogP contribution in [-0.4, -0.2) is 5.11 Å². The third kappa shape index (κ3) is 2.29. The van der Waals surface area contributed by atoms with Gasteiger partial charge in [-0.15, -0.1) is 0 Å². The van der Waals surface area contributed by atoms with E-state index in [0.717, 1.165) is 16.7 Å². The lowest BCUT2D eigenvalue weighted by molar-refractivity contribution is 0.0776. The lowest BCUT2D eigenvalue weighted by atomic mass is 9.83. The Bertz CT molecular complexity index is 654. The Morgan fingerprint density at radius 3 is 2.29 bits per heavy atom. The topological polar surface area (TPSA) is 46.2 Å². The lowest BCUT2D eigenvalue weighted by Gasteiger charge is -2.26. The second-order valence-corrected chi connectivity index (χ2v) is 7.09. The Morgan fingerprint density at radius 2 is 1.67 bits per heavy atom. The Hall–Kier alpha value is -1.64. The quantitative estimate of drug-likeness (QED) is 0.838. The van der Waals surface area contributed by atoms with Crippen molar-refractivity contribution in [1.29, 1.82) is 0 Å². The summed E-state index contributed by atoms with van der Waals surface area (Å²) in [6, 6.07) is 16.1. The summed E-state index contributed by atoms with van der Waals surface area (Å²) in [6.07, 6.45) is 0.543. The van der Waals surface area contributed by atoms with Crippen LogP contribution in [0.25, 0.3) is 0 Å². The third-order valence-electron chi connectivity index (χ3n) is 4.55. The molecule has 3 N–H and O–H groups in total. The summed E-state index contributed by atoms with van der Waals surface area (Å²) in [5.74, 6) is 0. The second-order valence-electron chi connectivity index (χ2n) is 7.09. The van der Waals surface area contributed by atoms with Gasteiger partial charge in [0.1, 0.15) is 5.60 Å². The summed E-state index contributed by atoms with van der Waals surface area (Å²) in [5.41, 5.74) is 9.55. The van der Waals surface area contributed by atoms with Gasteiger partial charge in [0.05, 0.1) is 0 Å². The molecule has 0 radical (unpaired) electrons. The molecule has 0 heterocycles. The van der Waals surface area contributed by atoms with Crippen LogP contribution < -0.4 is 5.73 Å². The van der Waals surface area contributed by atoms with Crippen molar-refractivity contribution in [3.8, 4) is 0 Å². The van der Waals surface area contributed by atoms with Gasteiger partial charge < -0.3 is 10.8 Å². The minimum Gasteiger partial charge on any atom is -0.380 e. The van der Waals surface area contributed by atoms with E-state index in [-0.39, 0.29) is 11.5 Å². The summed E-state index contributed by atoms with van der Waals surface area (Å²) < 4.78 is 0. The normalized spacial score (nSPS) is 24.9. The average Bonchev–Trinajstić information content (AvgIpc) is 2.72. The van der Waals surface area contributed by atoms with Crippen molar-refractivity contribution in [3.63, 3.8) is 0 Å². The summed E-state index contributed by atoms with van der Waals surface area (Å²) >= 11 is 0. The first-order chi connectivity index (χ1) is 9.82. The number of fused-ring (bicyclic) bond motifs is 1. The fraction of sp³-hybridized carbons (Fsp3) is 0.368. The van der Waals surface area contributed by atoms with Gasteiger partial charge in [-0.2, -0.15) is 0 Å². The van der Waals surface area contributed by atoms with E-state index in [9.17, 15) is 5.11 Å². The van der Waals surface area contributed by atoms with E-state index in [2.05, 4.69) is 32.9 Å². The predicted molar refractivity (Wildman–Crippen MR) is 86.1 cm³/mol. The average molecular weight is 281 g/mol. The van der Waals surface area contributed by atoms with E-state index >= 15 is 0 Å². The summed E-state index contributed by atoms with van der Waals surface area (Å²) in [6.45, 7) is 6.58.